The highest BCUT2D eigenvalue weighted by atomic mass is 16.7. The first kappa shape index (κ1) is 83.4. The Morgan fingerprint density at radius 2 is 0.761 bits per heavy atom. The van der Waals surface area contributed by atoms with Gasteiger partial charge in [0.15, 0.2) is 12.6 Å². The van der Waals surface area contributed by atoms with Crippen LogP contribution in [-0.2, 0) is 23.7 Å². The van der Waals surface area contributed by atoms with E-state index in [0.29, 0.717) is 12.8 Å². The molecule has 520 valence electrons. The van der Waals surface area contributed by atoms with Gasteiger partial charge in [0.2, 0.25) is 5.91 Å². The van der Waals surface area contributed by atoms with Crippen LogP contribution in [0.4, 0.5) is 0 Å². The fourth-order valence-corrected chi connectivity index (χ4v) is 10.3. The highest BCUT2D eigenvalue weighted by molar-refractivity contribution is 5.76. The van der Waals surface area contributed by atoms with E-state index in [9.17, 15) is 45.6 Å². The van der Waals surface area contributed by atoms with Crippen LogP contribution < -0.4 is 5.32 Å². The maximum atomic E-state index is 13.3. The molecule has 0 aliphatic carbocycles. The van der Waals surface area contributed by atoms with Crippen molar-refractivity contribution in [2.75, 3.05) is 19.8 Å². The molecule has 14 heteroatoms. The molecule has 0 aromatic rings. The Balaban J connectivity index is 1.66. The van der Waals surface area contributed by atoms with E-state index < -0.39 is 86.8 Å². The number of allylic oxidation sites excluding steroid dienone is 27. The molecule has 1 amide bonds. The van der Waals surface area contributed by atoms with Gasteiger partial charge in [0.25, 0.3) is 0 Å². The second-order valence-corrected chi connectivity index (χ2v) is 23.9. The maximum absolute atomic E-state index is 13.3. The summed E-state index contributed by atoms with van der Waals surface area (Å²) in [5, 5.41) is 87.3. The number of unbranched alkanes of at least 4 members (excludes halogenated alkanes) is 16. The van der Waals surface area contributed by atoms with E-state index >= 15 is 0 Å². The Kier molecular flexibility index (Phi) is 54.5. The van der Waals surface area contributed by atoms with E-state index in [1.165, 1.54) is 44.9 Å². The van der Waals surface area contributed by atoms with Crippen LogP contribution in [-0.4, -0.2) is 140 Å². The number of aliphatic hydroxyl groups excluding tert-OH is 8. The quantitative estimate of drug-likeness (QED) is 0.0204. The topological polar surface area (TPSA) is 228 Å². The van der Waals surface area contributed by atoms with Crippen molar-refractivity contribution in [3.8, 4) is 0 Å². The van der Waals surface area contributed by atoms with Crippen molar-refractivity contribution in [2.45, 2.75) is 293 Å². The first-order valence-corrected chi connectivity index (χ1v) is 35.4. The minimum atomic E-state index is -1.80. The van der Waals surface area contributed by atoms with Crippen LogP contribution in [0.3, 0.4) is 0 Å². The van der Waals surface area contributed by atoms with Crippen molar-refractivity contribution in [3.63, 3.8) is 0 Å². The number of carbonyl (C=O) groups excluding carboxylic acids is 1. The fraction of sp³-hybridized carbons (Fsp3) is 0.628. The van der Waals surface area contributed by atoms with Gasteiger partial charge in [-0.25, -0.2) is 0 Å². The Morgan fingerprint density at radius 1 is 0.402 bits per heavy atom. The van der Waals surface area contributed by atoms with Crippen molar-refractivity contribution < 1.29 is 64.6 Å². The van der Waals surface area contributed by atoms with Gasteiger partial charge in [-0.1, -0.05) is 255 Å². The van der Waals surface area contributed by atoms with Crippen LogP contribution in [0.1, 0.15) is 219 Å². The third-order valence-electron chi connectivity index (χ3n) is 15.9. The number of carbonyl (C=O) groups is 1. The fourth-order valence-electron chi connectivity index (χ4n) is 10.3. The zero-order chi connectivity index (χ0) is 66.6. The zero-order valence-corrected chi connectivity index (χ0v) is 56.5. The Bertz CT molecular complexity index is 2200. The molecule has 0 aromatic carbocycles. The second-order valence-electron chi connectivity index (χ2n) is 23.9. The van der Waals surface area contributed by atoms with Crippen LogP contribution in [0.15, 0.2) is 170 Å². The number of nitrogens with one attached hydrogen (secondary N) is 1. The Hall–Kier alpha value is -4.65. The summed E-state index contributed by atoms with van der Waals surface area (Å²) >= 11 is 0. The molecule has 2 rings (SSSR count). The van der Waals surface area contributed by atoms with Crippen molar-refractivity contribution in [3.05, 3.63) is 170 Å². The van der Waals surface area contributed by atoms with Crippen LogP contribution in [0.2, 0.25) is 0 Å². The van der Waals surface area contributed by atoms with Gasteiger partial charge in [-0.3, -0.25) is 4.79 Å². The standard InChI is InChI=1S/C78H125NO13/c1-3-5-7-9-11-13-15-17-19-21-22-23-24-25-26-27-28-29-30-31-32-33-34-35-36-37-38-39-40-41-42-43-44-46-48-50-52-54-56-58-60-62-70(83)79-66(67(82)61-59-57-55-53-51-49-47-45-20-18-16-14-12-10-8-6-4-2)65-89-77-75(88)73(86)76(69(64-81)91-77)92-78-74(87)72(85)71(84)68(63-80)90-78/h5,7,11,13,17,19-20,22-23,25-26,28-29,31-32,34-35,37-38,40-41,43-45,51,53,59,61,66-69,71-78,80-82,84-88H,3-4,6,8-10,12,14-16,18,21,24,27,30,33,36,39,42,46-50,52,54-58,60,62-65H2,1-2H3,(H,79,83)/b7-5-,13-11-,19-17-,23-22-,26-25-,29-28-,32-31-,35-34-,38-37-,41-40-,44-43-,45-20+,53-51+,61-59+. The maximum Gasteiger partial charge on any atom is 0.220 e. The summed E-state index contributed by atoms with van der Waals surface area (Å²) in [6.45, 7) is 2.63. The van der Waals surface area contributed by atoms with Gasteiger partial charge in [0.1, 0.15) is 48.8 Å². The van der Waals surface area contributed by atoms with E-state index in [1.54, 1.807) is 6.08 Å². The average Bonchev–Trinajstić information content (AvgIpc) is 0.856. The number of aliphatic hydroxyl groups is 8. The molecule has 0 radical (unpaired) electrons. The minimum Gasteiger partial charge on any atom is -0.394 e. The lowest BCUT2D eigenvalue weighted by Gasteiger charge is -2.46. The van der Waals surface area contributed by atoms with Gasteiger partial charge in [0.05, 0.1) is 32.0 Å². The molecule has 12 atom stereocenters. The van der Waals surface area contributed by atoms with Gasteiger partial charge in [-0.2, -0.15) is 0 Å². The van der Waals surface area contributed by atoms with Crippen LogP contribution in [0.5, 0.6) is 0 Å². The molecule has 0 bridgehead atoms. The molecule has 12 unspecified atom stereocenters. The molecule has 0 spiro atoms. The zero-order valence-electron chi connectivity index (χ0n) is 56.5. The first-order chi connectivity index (χ1) is 45.1. The molecular weight excluding hydrogens is 1160 g/mol. The number of rotatable bonds is 55. The number of hydrogen-bond donors (Lipinski definition) is 9. The van der Waals surface area contributed by atoms with Gasteiger partial charge in [-0.05, 0) is 128 Å². The molecule has 2 aliphatic heterocycles. The lowest BCUT2D eigenvalue weighted by atomic mass is 9.97. The van der Waals surface area contributed by atoms with E-state index in [2.05, 4.69) is 177 Å². The Morgan fingerprint density at radius 3 is 1.20 bits per heavy atom. The Labute approximate surface area is 556 Å². The van der Waals surface area contributed by atoms with Gasteiger partial charge in [-0.15, -0.1) is 0 Å². The number of amides is 1. The molecular formula is C78H125NO13. The normalized spacial score (nSPS) is 23.8. The highest BCUT2D eigenvalue weighted by Crippen LogP contribution is 2.30. The van der Waals surface area contributed by atoms with Crippen LogP contribution in [0.25, 0.3) is 0 Å². The molecule has 2 saturated heterocycles. The smallest absolute Gasteiger partial charge is 0.220 e. The number of hydrogen-bond acceptors (Lipinski definition) is 13. The molecule has 9 N–H and O–H groups in total. The summed E-state index contributed by atoms with van der Waals surface area (Å²) in [6, 6.07) is -0.957. The van der Waals surface area contributed by atoms with E-state index in [1.807, 2.05) is 6.08 Å². The van der Waals surface area contributed by atoms with Crippen molar-refractivity contribution in [2.24, 2.45) is 0 Å². The van der Waals surface area contributed by atoms with E-state index in [0.717, 1.165) is 141 Å². The van der Waals surface area contributed by atoms with Crippen LogP contribution >= 0.6 is 0 Å². The van der Waals surface area contributed by atoms with Gasteiger partial charge in [0, 0.05) is 6.42 Å². The second kappa shape index (κ2) is 60.0. The molecule has 2 heterocycles. The van der Waals surface area contributed by atoms with Gasteiger partial charge >= 0.3 is 0 Å². The largest absolute Gasteiger partial charge is 0.394 e. The van der Waals surface area contributed by atoms with E-state index in [-0.39, 0.29) is 18.9 Å². The number of ether oxygens (including phenoxy) is 4. The van der Waals surface area contributed by atoms with Crippen molar-refractivity contribution >= 4 is 5.91 Å². The molecule has 2 aliphatic rings. The van der Waals surface area contributed by atoms with Gasteiger partial charge < -0.3 is 65.1 Å². The van der Waals surface area contributed by atoms with Crippen molar-refractivity contribution in [1.82, 2.24) is 5.32 Å². The average molecular weight is 1280 g/mol. The summed E-state index contributed by atoms with van der Waals surface area (Å²) in [5.41, 5.74) is 0. The third-order valence-corrected chi connectivity index (χ3v) is 15.9. The summed E-state index contributed by atoms with van der Waals surface area (Å²) < 4.78 is 22.8. The molecule has 0 saturated carbocycles. The monoisotopic (exact) mass is 1280 g/mol. The summed E-state index contributed by atoms with van der Waals surface area (Å²) in [5.74, 6) is -0.272. The summed E-state index contributed by atoms with van der Waals surface area (Å²) in [7, 11) is 0. The summed E-state index contributed by atoms with van der Waals surface area (Å²) in [6.07, 6.45) is 76.9. The SMILES string of the molecule is CC/C=C\C/C=C\C/C=C\C/C=C\C/C=C\C/C=C\C/C=C\C/C=C\C/C=C\C/C=C\C/C=C\CCCCCCCCCC(=O)NC(COC1OC(CO)C(OC2OC(CO)C(O)C(O)C2O)C(O)C1O)C(O)/C=C/CC/C=C/CC/C=C/CCCCCCCCC. The highest BCUT2D eigenvalue weighted by Gasteiger charge is 2.51. The predicted octanol–water partition coefficient (Wildman–Crippen LogP) is 14.8. The lowest BCUT2D eigenvalue weighted by molar-refractivity contribution is -0.359. The molecule has 14 nitrogen and oxygen atoms in total. The third kappa shape index (κ3) is 43.4. The molecule has 2 fully saturated rings. The minimum absolute atomic E-state index is 0.246. The summed E-state index contributed by atoms with van der Waals surface area (Å²) in [4.78, 5) is 13.3. The molecule has 92 heavy (non-hydrogen) atoms. The van der Waals surface area contributed by atoms with Crippen molar-refractivity contribution in [1.29, 1.82) is 0 Å². The lowest BCUT2D eigenvalue weighted by Crippen LogP contribution is -2.65. The van der Waals surface area contributed by atoms with Crippen LogP contribution in [0, 0.1) is 0 Å². The first-order valence-electron chi connectivity index (χ1n) is 35.4. The molecule has 0 aromatic heterocycles. The van der Waals surface area contributed by atoms with E-state index in [4.69, 9.17) is 18.9 Å². The predicted molar refractivity (Wildman–Crippen MR) is 377 cm³/mol.